The molecule has 2 N–H and O–H groups in total. The summed E-state index contributed by atoms with van der Waals surface area (Å²) in [4.78, 5) is 13.0. The van der Waals surface area contributed by atoms with Gasteiger partial charge in [0.05, 0.1) is 6.42 Å². The number of hydrogen-bond acceptors (Lipinski definition) is 3. The first-order chi connectivity index (χ1) is 8.33. The van der Waals surface area contributed by atoms with Crippen molar-refractivity contribution < 1.29 is 15.0 Å². The van der Waals surface area contributed by atoms with E-state index >= 15 is 0 Å². The number of nitrogens with zero attached hydrogens (tertiary/aromatic N) is 1. The number of phenolic OH excluding ortho intramolecular Hbond substituents is 1. The summed E-state index contributed by atoms with van der Waals surface area (Å²) < 4.78 is 0. The molecule has 0 fully saturated rings. The minimum absolute atomic E-state index is 0.00911. The largest absolute Gasteiger partial charge is 0.507 e. The Hall–Kier alpha value is -1.71. The van der Waals surface area contributed by atoms with Crippen molar-refractivity contribution in [2.45, 2.75) is 32.1 Å². The van der Waals surface area contributed by atoms with Crippen molar-refractivity contribution >= 4 is 11.7 Å². The molecule has 0 amide bonds. The standard InChI is InChI=1S/C14H19NO3/c1-14(2,8-12(16)17)10-4-5-11-9(13(10)18)6-7-15(11)3/h4-5,18H,6-8H2,1-3H3,(H,16,17). The number of hydrogen-bond donors (Lipinski definition) is 2. The van der Waals surface area contributed by atoms with Gasteiger partial charge in [0.15, 0.2) is 0 Å². The molecule has 1 heterocycles. The fraction of sp³-hybridized carbons (Fsp3) is 0.500. The Kier molecular flexibility index (Phi) is 2.97. The summed E-state index contributed by atoms with van der Waals surface area (Å²) in [5.41, 5.74) is 2.14. The Morgan fingerprint density at radius 2 is 2.11 bits per heavy atom. The first-order valence-electron chi connectivity index (χ1n) is 6.11. The molecular formula is C14H19NO3. The van der Waals surface area contributed by atoms with Gasteiger partial charge in [-0.25, -0.2) is 0 Å². The molecule has 1 aromatic rings. The maximum Gasteiger partial charge on any atom is 0.304 e. The highest BCUT2D eigenvalue weighted by Crippen LogP contribution is 2.42. The van der Waals surface area contributed by atoms with E-state index in [0.717, 1.165) is 29.8 Å². The van der Waals surface area contributed by atoms with Gasteiger partial charge in [0.2, 0.25) is 0 Å². The van der Waals surface area contributed by atoms with Crippen molar-refractivity contribution in [2.24, 2.45) is 0 Å². The summed E-state index contributed by atoms with van der Waals surface area (Å²) in [5.74, 6) is -0.583. The number of anilines is 1. The Labute approximate surface area is 107 Å². The number of carboxylic acids is 1. The monoisotopic (exact) mass is 249 g/mol. The number of carbonyl (C=O) groups is 1. The van der Waals surface area contributed by atoms with E-state index in [1.54, 1.807) is 0 Å². The Balaban J connectivity index is 2.45. The molecule has 0 atom stereocenters. The fourth-order valence-corrected chi connectivity index (χ4v) is 2.65. The lowest BCUT2D eigenvalue weighted by atomic mass is 9.80. The summed E-state index contributed by atoms with van der Waals surface area (Å²) in [6.45, 7) is 4.59. The van der Waals surface area contributed by atoms with Crippen LogP contribution in [0.25, 0.3) is 0 Å². The van der Waals surface area contributed by atoms with Gasteiger partial charge in [-0.1, -0.05) is 19.9 Å². The van der Waals surface area contributed by atoms with E-state index < -0.39 is 11.4 Å². The van der Waals surface area contributed by atoms with Gasteiger partial charge in [0, 0.05) is 35.8 Å². The van der Waals surface area contributed by atoms with Gasteiger partial charge in [0.1, 0.15) is 5.75 Å². The third-order valence-corrected chi connectivity index (χ3v) is 3.69. The molecule has 0 radical (unpaired) electrons. The molecule has 0 aliphatic carbocycles. The molecule has 0 saturated carbocycles. The Bertz CT molecular complexity index is 494. The van der Waals surface area contributed by atoms with Gasteiger partial charge in [0.25, 0.3) is 0 Å². The molecule has 18 heavy (non-hydrogen) atoms. The summed E-state index contributed by atoms with van der Waals surface area (Å²) in [7, 11) is 1.99. The first-order valence-corrected chi connectivity index (χ1v) is 6.11. The lowest BCUT2D eigenvalue weighted by molar-refractivity contribution is -0.138. The van der Waals surface area contributed by atoms with E-state index in [4.69, 9.17) is 5.11 Å². The second-order valence-corrected chi connectivity index (χ2v) is 5.59. The molecular weight excluding hydrogens is 230 g/mol. The number of carboxylic acid groups (broad SMARTS) is 1. The number of rotatable bonds is 3. The van der Waals surface area contributed by atoms with Crippen molar-refractivity contribution in [3.8, 4) is 5.75 Å². The lowest BCUT2D eigenvalue weighted by Crippen LogP contribution is -2.22. The van der Waals surface area contributed by atoms with Crippen LogP contribution in [0.1, 0.15) is 31.4 Å². The zero-order chi connectivity index (χ0) is 13.5. The van der Waals surface area contributed by atoms with Gasteiger partial charge >= 0.3 is 5.97 Å². The van der Waals surface area contributed by atoms with Crippen LogP contribution in [-0.2, 0) is 16.6 Å². The van der Waals surface area contributed by atoms with Crippen LogP contribution in [0.4, 0.5) is 5.69 Å². The quantitative estimate of drug-likeness (QED) is 0.861. The van der Waals surface area contributed by atoms with Crippen molar-refractivity contribution in [1.82, 2.24) is 0 Å². The van der Waals surface area contributed by atoms with Gasteiger partial charge in [-0.05, 0) is 12.5 Å². The van der Waals surface area contributed by atoms with E-state index in [1.807, 2.05) is 33.0 Å². The van der Waals surface area contributed by atoms with Crippen LogP contribution in [0.3, 0.4) is 0 Å². The molecule has 4 heteroatoms. The molecule has 0 saturated heterocycles. The van der Waals surface area contributed by atoms with Crippen molar-refractivity contribution in [1.29, 1.82) is 0 Å². The number of phenols is 1. The summed E-state index contributed by atoms with van der Waals surface area (Å²) >= 11 is 0. The third-order valence-electron chi connectivity index (χ3n) is 3.69. The third kappa shape index (κ3) is 2.03. The summed E-state index contributed by atoms with van der Waals surface area (Å²) in [6, 6.07) is 3.82. The maximum absolute atomic E-state index is 10.9. The fourth-order valence-electron chi connectivity index (χ4n) is 2.65. The van der Waals surface area contributed by atoms with E-state index in [1.165, 1.54) is 0 Å². The lowest BCUT2D eigenvalue weighted by Gasteiger charge is -2.25. The minimum Gasteiger partial charge on any atom is -0.507 e. The number of aliphatic carboxylic acids is 1. The van der Waals surface area contributed by atoms with Gasteiger partial charge in [-0.2, -0.15) is 0 Å². The van der Waals surface area contributed by atoms with Crippen LogP contribution in [0, 0.1) is 0 Å². The maximum atomic E-state index is 10.9. The molecule has 1 aromatic carbocycles. The predicted molar refractivity (Wildman–Crippen MR) is 70.4 cm³/mol. The van der Waals surface area contributed by atoms with Gasteiger partial charge < -0.3 is 15.1 Å². The molecule has 4 nitrogen and oxygen atoms in total. The number of aromatic hydroxyl groups is 1. The topological polar surface area (TPSA) is 60.8 Å². The second-order valence-electron chi connectivity index (χ2n) is 5.59. The number of likely N-dealkylation sites (N-methyl/N-ethyl adjacent to an activating group) is 1. The van der Waals surface area contributed by atoms with Gasteiger partial charge in [-0.3, -0.25) is 4.79 Å². The van der Waals surface area contributed by atoms with Crippen LogP contribution in [0.5, 0.6) is 5.75 Å². The zero-order valence-electron chi connectivity index (χ0n) is 11.0. The number of benzene rings is 1. The average molecular weight is 249 g/mol. The van der Waals surface area contributed by atoms with E-state index in [9.17, 15) is 9.90 Å². The Morgan fingerprint density at radius 1 is 1.44 bits per heavy atom. The first kappa shape index (κ1) is 12.7. The second kappa shape index (κ2) is 4.19. The van der Waals surface area contributed by atoms with Crippen LogP contribution in [-0.4, -0.2) is 29.8 Å². The van der Waals surface area contributed by atoms with E-state index in [-0.39, 0.29) is 12.2 Å². The molecule has 1 aliphatic rings. The van der Waals surface area contributed by atoms with Crippen LogP contribution in [0.2, 0.25) is 0 Å². The molecule has 0 aromatic heterocycles. The summed E-state index contributed by atoms with van der Waals surface area (Å²) in [5, 5.41) is 19.3. The van der Waals surface area contributed by atoms with Crippen molar-refractivity contribution in [3.63, 3.8) is 0 Å². The van der Waals surface area contributed by atoms with Gasteiger partial charge in [-0.15, -0.1) is 0 Å². The van der Waals surface area contributed by atoms with E-state index in [2.05, 4.69) is 4.90 Å². The molecule has 0 unspecified atom stereocenters. The highest BCUT2D eigenvalue weighted by Gasteiger charge is 2.30. The molecule has 1 aliphatic heterocycles. The predicted octanol–water partition coefficient (Wildman–Crippen LogP) is 2.14. The highest BCUT2D eigenvalue weighted by atomic mass is 16.4. The molecule has 2 rings (SSSR count). The molecule has 98 valence electrons. The van der Waals surface area contributed by atoms with Crippen LogP contribution in [0.15, 0.2) is 12.1 Å². The van der Waals surface area contributed by atoms with Crippen LogP contribution >= 0.6 is 0 Å². The number of fused-ring (bicyclic) bond motifs is 1. The highest BCUT2D eigenvalue weighted by molar-refractivity contribution is 5.71. The van der Waals surface area contributed by atoms with E-state index in [0.29, 0.717) is 0 Å². The normalized spacial score (nSPS) is 14.7. The molecule has 0 bridgehead atoms. The SMILES string of the molecule is CN1CCc2c1ccc(C(C)(C)CC(=O)O)c2O. The molecule has 0 spiro atoms. The van der Waals surface area contributed by atoms with Crippen molar-refractivity contribution in [2.75, 3.05) is 18.5 Å². The smallest absolute Gasteiger partial charge is 0.304 e. The summed E-state index contributed by atoms with van der Waals surface area (Å²) in [6.07, 6.45) is 0.823. The Morgan fingerprint density at radius 3 is 2.72 bits per heavy atom. The zero-order valence-corrected chi connectivity index (χ0v) is 11.0. The van der Waals surface area contributed by atoms with Crippen LogP contribution < -0.4 is 4.90 Å². The minimum atomic E-state index is -0.850. The average Bonchev–Trinajstić information content (AvgIpc) is 2.59. The van der Waals surface area contributed by atoms with Crippen molar-refractivity contribution in [3.05, 3.63) is 23.3 Å².